The summed E-state index contributed by atoms with van der Waals surface area (Å²) in [5.41, 5.74) is 0.244. The third-order valence-electron chi connectivity index (χ3n) is 4.22. The Kier molecular flexibility index (Phi) is 5.09. The number of aliphatic hydroxyl groups is 1. The SMILES string of the molecule is COc1cccc2cc(C(=O)NCCC(O)c3cccn3C)c(=O)oc12. The number of para-hydroxylation sites is 1. The highest BCUT2D eigenvalue weighted by Gasteiger charge is 2.16. The Bertz CT molecular complexity index is 989. The van der Waals surface area contributed by atoms with Gasteiger partial charge in [-0.05, 0) is 30.7 Å². The maximum Gasteiger partial charge on any atom is 0.349 e. The van der Waals surface area contributed by atoms with Gasteiger partial charge < -0.3 is 24.1 Å². The predicted octanol–water partition coefficient (Wildman–Crippen LogP) is 1.99. The van der Waals surface area contributed by atoms with E-state index in [9.17, 15) is 14.7 Å². The van der Waals surface area contributed by atoms with Crippen LogP contribution in [0.15, 0.2) is 51.8 Å². The first-order valence-corrected chi connectivity index (χ1v) is 8.19. The van der Waals surface area contributed by atoms with E-state index in [2.05, 4.69) is 5.32 Å². The van der Waals surface area contributed by atoms with Gasteiger partial charge in [0.2, 0.25) is 0 Å². The molecule has 0 aliphatic heterocycles. The van der Waals surface area contributed by atoms with E-state index >= 15 is 0 Å². The van der Waals surface area contributed by atoms with Crippen LogP contribution in [0.2, 0.25) is 0 Å². The maximum atomic E-state index is 12.3. The number of benzene rings is 1. The monoisotopic (exact) mass is 356 g/mol. The highest BCUT2D eigenvalue weighted by Crippen LogP contribution is 2.24. The van der Waals surface area contributed by atoms with Crippen molar-refractivity contribution in [1.82, 2.24) is 9.88 Å². The molecule has 2 heterocycles. The highest BCUT2D eigenvalue weighted by atomic mass is 16.5. The van der Waals surface area contributed by atoms with Crippen molar-refractivity contribution in [3.05, 3.63) is 64.3 Å². The van der Waals surface area contributed by atoms with Gasteiger partial charge in [0.25, 0.3) is 5.91 Å². The summed E-state index contributed by atoms with van der Waals surface area (Å²) in [4.78, 5) is 24.4. The van der Waals surface area contributed by atoms with Crippen LogP contribution in [0.4, 0.5) is 0 Å². The summed E-state index contributed by atoms with van der Waals surface area (Å²) in [6, 6.07) is 10.3. The fourth-order valence-electron chi connectivity index (χ4n) is 2.82. The molecule has 0 spiro atoms. The van der Waals surface area contributed by atoms with E-state index < -0.39 is 17.6 Å². The van der Waals surface area contributed by atoms with Gasteiger partial charge in [-0.3, -0.25) is 4.79 Å². The molecule has 3 rings (SSSR count). The molecule has 3 aromatic rings. The molecule has 0 bridgehead atoms. The van der Waals surface area contributed by atoms with Gasteiger partial charge in [0.15, 0.2) is 11.3 Å². The zero-order valence-corrected chi connectivity index (χ0v) is 14.6. The Balaban J connectivity index is 1.71. The summed E-state index contributed by atoms with van der Waals surface area (Å²) >= 11 is 0. The lowest BCUT2D eigenvalue weighted by Crippen LogP contribution is -2.30. The Morgan fingerprint density at radius 1 is 1.35 bits per heavy atom. The largest absolute Gasteiger partial charge is 0.493 e. The normalized spacial score (nSPS) is 12.1. The van der Waals surface area contributed by atoms with E-state index in [1.807, 2.05) is 29.9 Å². The number of amides is 1. The van der Waals surface area contributed by atoms with Crippen molar-refractivity contribution in [3.63, 3.8) is 0 Å². The second kappa shape index (κ2) is 7.45. The first kappa shape index (κ1) is 17.8. The molecule has 0 saturated heterocycles. The van der Waals surface area contributed by atoms with Gasteiger partial charge in [-0.15, -0.1) is 0 Å². The lowest BCUT2D eigenvalue weighted by Gasteiger charge is -2.12. The zero-order chi connectivity index (χ0) is 18.7. The van der Waals surface area contributed by atoms with Crippen LogP contribution in [0.5, 0.6) is 5.75 Å². The Hall–Kier alpha value is -3.06. The van der Waals surface area contributed by atoms with Crippen molar-refractivity contribution < 1.29 is 19.1 Å². The summed E-state index contributed by atoms with van der Waals surface area (Å²) in [6.07, 6.45) is 1.47. The Morgan fingerprint density at radius 2 is 2.15 bits per heavy atom. The van der Waals surface area contributed by atoms with Crippen molar-refractivity contribution in [2.45, 2.75) is 12.5 Å². The molecule has 26 heavy (non-hydrogen) atoms. The minimum atomic E-state index is -0.734. The van der Waals surface area contributed by atoms with Crippen LogP contribution in [0.25, 0.3) is 11.0 Å². The second-order valence-electron chi connectivity index (χ2n) is 5.93. The smallest absolute Gasteiger partial charge is 0.349 e. The number of carbonyl (C=O) groups excluding carboxylic acids is 1. The van der Waals surface area contributed by atoms with Gasteiger partial charge in [0.05, 0.1) is 13.2 Å². The van der Waals surface area contributed by atoms with Gasteiger partial charge in [-0.1, -0.05) is 12.1 Å². The molecule has 1 atom stereocenters. The molecule has 7 nitrogen and oxygen atoms in total. The molecular formula is C19H20N2O5. The number of aromatic nitrogens is 1. The molecule has 136 valence electrons. The summed E-state index contributed by atoms with van der Waals surface area (Å²) in [6.45, 7) is 0.223. The van der Waals surface area contributed by atoms with Crippen LogP contribution in [-0.2, 0) is 7.05 Å². The number of aryl methyl sites for hydroxylation is 1. The molecule has 2 N–H and O–H groups in total. The number of nitrogens with one attached hydrogen (secondary N) is 1. The number of hydrogen-bond acceptors (Lipinski definition) is 5. The van der Waals surface area contributed by atoms with E-state index in [-0.39, 0.29) is 12.1 Å². The minimum absolute atomic E-state index is 0.0842. The predicted molar refractivity (Wildman–Crippen MR) is 96.4 cm³/mol. The van der Waals surface area contributed by atoms with Gasteiger partial charge >= 0.3 is 5.63 Å². The first-order chi connectivity index (χ1) is 12.5. The molecule has 1 amide bonds. The summed E-state index contributed by atoms with van der Waals surface area (Å²) in [7, 11) is 3.32. The average molecular weight is 356 g/mol. The van der Waals surface area contributed by atoms with Gasteiger partial charge in [0, 0.05) is 30.9 Å². The van der Waals surface area contributed by atoms with Crippen LogP contribution in [-0.4, -0.2) is 29.2 Å². The Morgan fingerprint density at radius 3 is 2.85 bits per heavy atom. The first-order valence-electron chi connectivity index (χ1n) is 8.19. The molecule has 1 aromatic carbocycles. The zero-order valence-electron chi connectivity index (χ0n) is 14.6. The number of hydrogen-bond donors (Lipinski definition) is 2. The maximum absolute atomic E-state index is 12.3. The van der Waals surface area contributed by atoms with Crippen LogP contribution in [0, 0.1) is 0 Å². The number of ether oxygens (including phenoxy) is 1. The average Bonchev–Trinajstić information content (AvgIpc) is 3.06. The second-order valence-corrected chi connectivity index (χ2v) is 5.93. The molecule has 0 aliphatic carbocycles. The van der Waals surface area contributed by atoms with Crippen LogP contribution >= 0.6 is 0 Å². The third-order valence-corrected chi connectivity index (χ3v) is 4.22. The van der Waals surface area contributed by atoms with E-state index in [0.29, 0.717) is 23.1 Å². The summed E-state index contributed by atoms with van der Waals surface area (Å²) in [5.74, 6) is -0.111. The number of methoxy groups -OCH3 is 1. The molecule has 0 aliphatic rings. The summed E-state index contributed by atoms with van der Waals surface area (Å²) < 4.78 is 12.2. The van der Waals surface area contributed by atoms with E-state index in [0.717, 1.165) is 5.69 Å². The number of rotatable bonds is 6. The van der Waals surface area contributed by atoms with Crippen LogP contribution in [0.1, 0.15) is 28.6 Å². The molecule has 0 radical (unpaired) electrons. The van der Waals surface area contributed by atoms with Crippen LogP contribution < -0.4 is 15.7 Å². The molecule has 0 fully saturated rings. The van der Waals surface area contributed by atoms with E-state index in [1.165, 1.54) is 13.2 Å². The molecule has 2 aromatic heterocycles. The molecule has 0 saturated carbocycles. The third kappa shape index (κ3) is 3.48. The minimum Gasteiger partial charge on any atom is -0.493 e. The Labute approximate surface area is 149 Å². The number of fused-ring (bicyclic) bond motifs is 1. The van der Waals surface area contributed by atoms with Crippen molar-refractivity contribution in [2.75, 3.05) is 13.7 Å². The molecular weight excluding hydrogens is 336 g/mol. The van der Waals surface area contributed by atoms with Crippen LogP contribution in [0.3, 0.4) is 0 Å². The van der Waals surface area contributed by atoms with Crippen molar-refractivity contribution in [3.8, 4) is 5.75 Å². The number of aliphatic hydroxyl groups excluding tert-OH is 1. The van der Waals surface area contributed by atoms with Crippen molar-refractivity contribution in [2.24, 2.45) is 7.05 Å². The molecule has 7 heteroatoms. The van der Waals surface area contributed by atoms with E-state index in [4.69, 9.17) is 9.15 Å². The lowest BCUT2D eigenvalue weighted by atomic mass is 10.1. The van der Waals surface area contributed by atoms with Gasteiger partial charge in [0.1, 0.15) is 5.56 Å². The fraction of sp³-hybridized carbons (Fsp3) is 0.263. The highest BCUT2D eigenvalue weighted by molar-refractivity contribution is 5.97. The van der Waals surface area contributed by atoms with Crippen molar-refractivity contribution in [1.29, 1.82) is 0 Å². The van der Waals surface area contributed by atoms with E-state index in [1.54, 1.807) is 18.2 Å². The number of nitrogens with zero attached hydrogens (tertiary/aromatic N) is 1. The van der Waals surface area contributed by atoms with Gasteiger partial charge in [-0.25, -0.2) is 4.79 Å². The van der Waals surface area contributed by atoms with Crippen molar-refractivity contribution >= 4 is 16.9 Å². The molecule has 1 unspecified atom stereocenters. The lowest BCUT2D eigenvalue weighted by molar-refractivity contribution is 0.0937. The van der Waals surface area contributed by atoms with Gasteiger partial charge in [-0.2, -0.15) is 0 Å². The fourth-order valence-corrected chi connectivity index (χ4v) is 2.82. The topological polar surface area (TPSA) is 93.7 Å². The summed E-state index contributed by atoms with van der Waals surface area (Å²) in [5, 5.41) is 13.4. The quantitative estimate of drug-likeness (QED) is 0.659. The standard InChI is InChI=1S/C19H20N2O5/c1-21-10-4-6-14(21)15(22)8-9-20-18(23)13-11-12-5-3-7-16(25-2)17(12)26-19(13)24/h3-7,10-11,15,22H,8-9H2,1-2H3,(H,20,23). The number of carbonyl (C=O) groups is 1.